The Kier molecular flexibility index (Phi) is 7.81. The predicted octanol–water partition coefficient (Wildman–Crippen LogP) is 7.91. The normalized spacial score (nSPS) is 12.0. The predicted molar refractivity (Wildman–Crippen MR) is 155 cm³/mol. The van der Waals surface area contributed by atoms with E-state index in [0.717, 1.165) is 22.5 Å². The number of hydrogen-bond acceptors (Lipinski definition) is 4. The number of nitrogens with one attached hydrogen (secondary N) is 1. The number of carbonyl (C=O) groups is 1. The standard InChI is InChI=1S/C30H33ClN4OS/c1-29(2,3)21-13-11-20(12-14-21)27-33-34-28(35(27)23-17-15-22(31)16-18-23)37-19-26(36)32-25-10-8-7-9-24(25)30(4,5)6/h7-18H,19H2,1-6H3,(H,32,36). The number of carbonyl (C=O) groups excluding carboxylic acids is 1. The molecule has 0 aliphatic rings. The number of amides is 1. The van der Waals surface area contributed by atoms with Crippen LogP contribution in [0.15, 0.2) is 78.0 Å². The van der Waals surface area contributed by atoms with Crippen molar-refractivity contribution in [3.05, 3.63) is 88.9 Å². The number of hydrogen-bond donors (Lipinski definition) is 1. The number of aromatic nitrogens is 3. The summed E-state index contributed by atoms with van der Waals surface area (Å²) in [6.45, 7) is 13.0. The maximum Gasteiger partial charge on any atom is 0.234 e. The summed E-state index contributed by atoms with van der Waals surface area (Å²) in [6.07, 6.45) is 0. The zero-order valence-corrected chi connectivity index (χ0v) is 23.7. The Balaban J connectivity index is 1.61. The van der Waals surface area contributed by atoms with Gasteiger partial charge in [-0.2, -0.15) is 0 Å². The number of para-hydroxylation sites is 1. The van der Waals surface area contributed by atoms with Gasteiger partial charge >= 0.3 is 0 Å². The lowest BCUT2D eigenvalue weighted by molar-refractivity contribution is -0.113. The highest BCUT2D eigenvalue weighted by Crippen LogP contribution is 2.32. The van der Waals surface area contributed by atoms with Crippen LogP contribution < -0.4 is 5.32 Å². The van der Waals surface area contributed by atoms with Crippen LogP contribution in [0.3, 0.4) is 0 Å². The number of halogens is 1. The van der Waals surface area contributed by atoms with E-state index in [0.29, 0.717) is 16.0 Å². The van der Waals surface area contributed by atoms with E-state index in [1.807, 2.05) is 47.0 Å². The quantitative estimate of drug-likeness (QED) is 0.256. The summed E-state index contributed by atoms with van der Waals surface area (Å²) < 4.78 is 1.98. The first-order valence-electron chi connectivity index (χ1n) is 12.3. The maximum atomic E-state index is 13.0. The Morgan fingerprint density at radius 2 is 1.51 bits per heavy atom. The molecule has 0 aliphatic carbocycles. The van der Waals surface area contributed by atoms with Crippen molar-refractivity contribution in [3.8, 4) is 17.1 Å². The Morgan fingerprint density at radius 1 is 0.865 bits per heavy atom. The van der Waals surface area contributed by atoms with Crippen molar-refractivity contribution in [2.75, 3.05) is 11.1 Å². The largest absolute Gasteiger partial charge is 0.325 e. The Labute approximate surface area is 228 Å². The number of rotatable bonds is 6. The number of benzene rings is 3. The number of anilines is 1. The van der Waals surface area contributed by atoms with Crippen molar-refractivity contribution in [3.63, 3.8) is 0 Å². The lowest BCUT2D eigenvalue weighted by Gasteiger charge is -2.23. The van der Waals surface area contributed by atoms with E-state index < -0.39 is 0 Å². The molecule has 192 valence electrons. The van der Waals surface area contributed by atoms with Gasteiger partial charge in [-0.05, 0) is 52.3 Å². The minimum absolute atomic E-state index is 0.0579. The molecular weight excluding hydrogens is 500 g/mol. The third kappa shape index (κ3) is 6.43. The fraction of sp³-hybridized carbons (Fsp3) is 0.300. The topological polar surface area (TPSA) is 59.8 Å². The first-order chi connectivity index (χ1) is 17.4. The molecule has 4 rings (SSSR count). The molecule has 0 saturated heterocycles. The first-order valence-corrected chi connectivity index (χ1v) is 13.6. The van der Waals surface area contributed by atoms with E-state index in [4.69, 9.17) is 11.6 Å². The van der Waals surface area contributed by atoms with Gasteiger partial charge in [0.1, 0.15) is 0 Å². The second-order valence-electron chi connectivity index (χ2n) is 11.1. The fourth-order valence-corrected chi connectivity index (χ4v) is 4.93. The summed E-state index contributed by atoms with van der Waals surface area (Å²) >= 11 is 7.51. The first kappa shape index (κ1) is 27.0. The number of nitrogens with zero attached hydrogens (tertiary/aromatic N) is 3. The fourth-order valence-electron chi connectivity index (χ4n) is 4.06. The summed E-state index contributed by atoms with van der Waals surface area (Å²) in [4.78, 5) is 13.0. The summed E-state index contributed by atoms with van der Waals surface area (Å²) in [5.74, 6) is 0.819. The van der Waals surface area contributed by atoms with Crippen molar-refractivity contribution in [1.29, 1.82) is 0 Å². The lowest BCUT2D eigenvalue weighted by Crippen LogP contribution is -2.20. The summed E-state index contributed by atoms with van der Waals surface area (Å²) in [7, 11) is 0. The van der Waals surface area contributed by atoms with Gasteiger partial charge < -0.3 is 5.32 Å². The summed E-state index contributed by atoms with van der Waals surface area (Å²) in [5.41, 5.74) is 4.98. The van der Waals surface area contributed by atoms with Gasteiger partial charge in [-0.3, -0.25) is 9.36 Å². The number of thioether (sulfide) groups is 1. The molecule has 3 aromatic carbocycles. The molecule has 7 heteroatoms. The highest BCUT2D eigenvalue weighted by Gasteiger charge is 2.21. The van der Waals surface area contributed by atoms with Crippen LogP contribution in [0.1, 0.15) is 52.7 Å². The molecule has 0 aliphatic heterocycles. The van der Waals surface area contributed by atoms with E-state index in [2.05, 4.69) is 87.4 Å². The van der Waals surface area contributed by atoms with Gasteiger partial charge in [-0.15, -0.1) is 10.2 Å². The highest BCUT2D eigenvalue weighted by atomic mass is 35.5. The van der Waals surface area contributed by atoms with Gasteiger partial charge in [0.15, 0.2) is 11.0 Å². The Morgan fingerprint density at radius 3 is 2.14 bits per heavy atom. The van der Waals surface area contributed by atoms with Crippen LogP contribution in [0.5, 0.6) is 0 Å². The van der Waals surface area contributed by atoms with Gasteiger partial charge in [0.05, 0.1) is 5.75 Å². The molecule has 0 unspecified atom stereocenters. The van der Waals surface area contributed by atoms with E-state index in [-0.39, 0.29) is 22.5 Å². The van der Waals surface area contributed by atoms with Gasteiger partial charge in [0, 0.05) is 22.0 Å². The Bertz CT molecular complexity index is 1380. The lowest BCUT2D eigenvalue weighted by atomic mass is 9.86. The molecule has 0 spiro atoms. The molecular formula is C30H33ClN4OS. The molecule has 1 N–H and O–H groups in total. The average molecular weight is 533 g/mol. The van der Waals surface area contributed by atoms with Gasteiger partial charge in [-0.25, -0.2) is 0 Å². The van der Waals surface area contributed by atoms with Crippen molar-refractivity contribution in [2.45, 2.75) is 57.5 Å². The SMILES string of the molecule is CC(C)(C)c1ccc(-c2nnc(SCC(=O)Nc3ccccc3C(C)(C)C)n2-c2ccc(Cl)cc2)cc1. The van der Waals surface area contributed by atoms with Crippen molar-refractivity contribution >= 4 is 35.0 Å². The van der Waals surface area contributed by atoms with E-state index in [1.165, 1.54) is 17.3 Å². The van der Waals surface area contributed by atoms with Crippen molar-refractivity contribution in [2.24, 2.45) is 0 Å². The van der Waals surface area contributed by atoms with Crippen LogP contribution in [0, 0.1) is 0 Å². The van der Waals surface area contributed by atoms with Crippen LogP contribution in [0.2, 0.25) is 5.02 Å². The molecule has 0 atom stereocenters. The van der Waals surface area contributed by atoms with Crippen LogP contribution in [0.4, 0.5) is 5.69 Å². The summed E-state index contributed by atoms with van der Waals surface area (Å²) in [6, 6.07) is 23.9. The molecule has 0 radical (unpaired) electrons. The van der Waals surface area contributed by atoms with Gasteiger partial charge in [0.25, 0.3) is 0 Å². The third-order valence-electron chi connectivity index (χ3n) is 6.07. The van der Waals surface area contributed by atoms with Crippen LogP contribution in [-0.2, 0) is 15.6 Å². The van der Waals surface area contributed by atoms with E-state index in [1.54, 1.807) is 0 Å². The maximum absolute atomic E-state index is 13.0. The smallest absolute Gasteiger partial charge is 0.234 e. The third-order valence-corrected chi connectivity index (χ3v) is 7.25. The van der Waals surface area contributed by atoms with Crippen molar-refractivity contribution in [1.82, 2.24) is 14.8 Å². The van der Waals surface area contributed by atoms with Gasteiger partial charge in [0.2, 0.25) is 5.91 Å². The van der Waals surface area contributed by atoms with Gasteiger partial charge in [-0.1, -0.05) is 107 Å². The molecule has 0 bridgehead atoms. The minimum Gasteiger partial charge on any atom is -0.325 e. The zero-order chi connectivity index (χ0) is 26.8. The van der Waals surface area contributed by atoms with E-state index in [9.17, 15) is 4.79 Å². The molecule has 0 saturated carbocycles. The molecule has 5 nitrogen and oxygen atoms in total. The van der Waals surface area contributed by atoms with Crippen LogP contribution >= 0.6 is 23.4 Å². The minimum atomic E-state index is -0.0940. The molecule has 37 heavy (non-hydrogen) atoms. The van der Waals surface area contributed by atoms with Crippen LogP contribution in [0.25, 0.3) is 17.1 Å². The molecule has 4 aromatic rings. The molecule has 1 heterocycles. The zero-order valence-electron chi connectivity index (χ0n) is 22.2. The summed E-state index contributed by atoms with van der Waals surface area (Å²) in [5, 5.41) is 13.3. The molecule has 0 fully saturated rings. The molecule has 1 aromatic heterocycles. The van der Waals surface area contributed by atoms with Crippen LogP contribution in [-0.4, -0.2) is 26.4 Å². The van der Waals surface area contributed by atoms with Crippen molar-refractivity contribution < 1.29 is 4.79 Å². The highest BCUT2D eigenvalue weighted by molar-refractivity contribution is 7.99. The second kappa shape index (κ2) is 10.7. The monoisotopic (exact) mass is 532 g/mol. The van der Waals surface area contributed by atoms with E-state index >= 15 is 0 Å². The Hall–Kier alpha value is -3.09. The molecule has 1 amide bonds. The second-order valence-corrected chi connectivity index (χ2v) is 12.5. The average Bonchev–Trinajstić information content (AvgIpc) is 3.26.